The molecular formula is C6H20CaO12. The standard InChI is InChI=1S/C6H8O7.Ca.5H2O.2H/c7-3(8)1-6(13,5(11)12)2-4(9)10;;;;;;;;/h13H,1-2H2,(H,7,8)(H,9,10)(H,11,12);;5*1H2;;/q;+2;;;;;;2*-1. The summed E-state index contributed by atoms with van der Waals surface area (Å²) in [5.74, 6) is -5.02. The quantitative estimate of drug-likeness (QED) is 0.355. The Labute approximate surface area is 139 Å². The van der Waals surface area contributed by atoms with Gasteiger partial charge in [0, 0.05) is 0 Å². The van der Waals surface area contributed by atoms with Crippen LogP contribution in [0.15, 0.2) is 0 Å². The fourth-order valence-electron chi connectivity index (χ4n) is 0.714. The molecule has 0 fully saturated rings. The van der Waals surface area contributed by atoms with Gasteiger partial charge in [-0.05, 0) is 0 Å². The molecule has 0 bridgehead atoms. The van der Waals surface area contributed by atoms with Crippen molar-refractivity contribution in [2.75, 3.05) is 0 Å². The summed E-state index contributed by atoms with van der Waals surface area (Å²) in [6.45, 7) is 0. The summed E-state index contributed by atoms with van der Waals surface area (Å²) in [5.41, 5.74) is -2.74. The summed E-state index contributed by atoms with van der Waals surface area (Å²) >= 11 is 0. The zero-order chi connectivity index (χ0) is 10.6. The minimum atomic E-state index is -2.74. The van der Waals surface area contributed by atoms with Gasteiger partial charge in [-0.25, -0.2) is 4.79 Å². The Balaban J connectivity index is -0.0000000257. The molecule has 118 valence electrons. The second-order valence-corrected chi connectivity index (χ2v) is 2.48. The van der Waals surface area contributed by atoms with E-state index in [1.54, 1.807) is 0 Å². The van der Waals surface area contributed by atoms with E-state index in [2.05, 4.69) is 0 Å². The third-order valence-electron chi connectivity index (χ3n) is 1.29. The van der Waals surface area contributed by atoms with Gasteiger partial charge in [0.2, 0.25) is 0 Å². The maximum atomic E-state index is 10.3. The van der Waals surface area contributed by atoms with Gasteiger partial charge in [0.25, 0.3) is 0 Å². The van der Waals surface area contributed by atoms with Crippen molar-refractivity contribution in [1.82, 2.24) is 0 Å². The van der Waals surface area contributed by atoms with Crippen LogP contribution in [0.1, 0.15) is 15.7 Å². The molecule has 0 atom stereocenters. The number of hydrogen-bond donors (Lipinski definition) is 4. The van der Waals surface area contributed by atoms with Gasteiger partial charge in [-0.15, -0.1) is 0 Å². The van der Waals surface area contributed by atoms with Gasteiger partial charge in [0.1, 0.15) is 0 Å². The molecule has 0 aliphatic heterocycles. The Kier molecular flexibility index (Phi) is 39.3. The first-order valence-corrected chi connectivity index (χ1v) is 3.17. The topological polar surface area (TPSA) is 290 Å². The molecule has 12 nitrogen and oxygen atoms in total. The average molecular weight is 324 g/mol. The molecule has 0 heterocycles. The van der Waals surface area contributed by atoms with Crippen molar-refractivity contribution >= 4 is 55.6 Å². The second kappa shape index (κ2) is 17.4. The molecule has 0 aliphatic carbocycles. The van der Waals surface area contributed by atoms with E-state index in [1.807, 2.05) is 0 Å². The molecule has 0 spiro atoms. The molecule has 0 aromatic heterocycles. The fraction of sp³-hybridized carbons (Fsp3) is 0.500. The van der Waals surface area contributed by atoms with Gasteiger partial charge in [-0.3, -0.25) is 9.59 Å². The first-order valence-electron chi connectivity index (χ1n) is 3.17. The van der Waals surface area contributed by atoms with E-state index >= 15 is 0 Å². The number of hydrogen-bond acceptors (Lipinski definition) is 4. The van der Waals surface area contributed by atoms with E-state index in [0.29, 0.717) is 0 Å². The molecular weight excluding hydrogens is 304 g/mol. The van der Waals surface area contributed by atoms with Crippen LogP contribution in [-0.4, -0.2) is 109 Å². The predicted molar refractivity (Wildman–Crippen MR) is 63.1 cm³/mol. The van der Waals surface area contributed by atoms with Crippen LogP contribution < -0.4 is 0 Å². The van der Waals surface area contributed by atoms with Crippen LogP contribution >= 0.6 is 0 Å². The van der Waals surface area contributed by atoms with Crippen molar-refractivity contribution in [2.45, 2.75) is 18.4 Å². The summed E-state index contributed by atoms with van der Waals surface area (Å²) in [4.78, 5) is 30.5. The summed E-state index contributed by atoms with van der Waals surface area (Å²) in [7, 11) is 0. The van der Waals surface area contributed by atoms with Gasteiger partial charge in [-0.2, -0.15) is 0 Å². The molecule has 0 rings (SSSR count). The normalized spacial score (nSPS) is 7.42. The summed E-state index contributed by atoms with van der Waals surface area (Å²) < 4.78 is 0. The number of aliphatic carboxylic acids is 3. The SMILES string of the molecule is O.O.O.O.O.O=C(O)CC(O)(CC(=O)O)C(=O)O.[Ca+2].[H-].[H-]. The molecule has 0 unspecified atom stereocenters. The molecule has 0 radical (unpaired) electrons. The summed E-state index contributed by atoms with van der Waals surface area (Å²) in [6, 6.07) is 0. The Hall–Kier alpha value is -0.570. The van der Waals surface area contributed by atoms with E-state index in [1.165, 1.54) is 0 Å². The van der Waals surface area contributed by atoms with Crippen LogP contribution in [0.25, 0.3) is 0 Å². The van der Waals surface area contributed by atoms with Gasteiger partial charge in [0.15, 0.2) is 5.60 Å². The fourth-order valence-corrected chi connectivity index (χ4v) is 0.714. The molecule has 14 N–H and O–H groups in total. The first kappa shape index (κ1) is 42.9. The third kappa shape index (κ3) is 17.4. The van der Waals surface area contributed by atoms with Crippen LogP contribution in [-0.2, 0) is 14.4 Å². The predicted octanol–water partition coefficient (Wildman–Crippen LogP) is -5.53. The van der Waals surface area contributed by atoms with Crippen molar-refractivity contribution in [1.29, 1.82) is 0 Å². The average Bonchev–Trinajstić information content (AvgIpc) is 1.82. The van der Waals surface area contributed by atoms with Crippen LogP contribution in [0.3, 0.4) is 0 Å². The maximum absolute atomic E-state index is 10.3. The van der Waals surface area contributed by atoms with Gasteiger partial charge in [-0.1, -0.05) is 0 Å². The minimum Gasteiger partial charge on any atom is -1.00 e. The second-order valence-electron chi connectivity index (χ2n) is 2.48. The van der Waals surface area contributed by atoms with E-state index < -0.39 is 36.4 Å². The monoisotopic (exact) mass is 324 g/mol. The minimum absolute atomic E-state index is 0. The molecule has 0 aromatic rings. The van der Waals surface area contributed by atoms with Crippen molar-refractivity contribution in [3.63, 3.8) is 0 Å². The van der Waals surface area contributed by atoms with E-state index in [4.69, 9.17) is 20.4 Å². The largest absolute Gasteiger partial charge is 2.00 e. The first-order chi connectivity index (χ1) is 5.78. The summed E-state index contributed by atoms with van der Waals surface area (Å²) in [5, 5.41) is 33.8. The van der Waals surface area contributed by atoms with Crippen LogP contribution in [0.4, 0.5) is 0 Å². The molecule has 0 aromatic carbocycles. The van der Waals surface area contributed by atoms with Crippen molar-refractivity contribution in [2.24, 2.45) is 0 Å². The van der Waals surface area contributed by atoms with Crippen LogP contribution in [0, 0.1) is 0 Å². The van der Waals surface area contributed by atoms with Crippen molar-refractivity contribution in [3.8, 4) is 0 Å². The Morgan fingerprint density at radius 1 is 0.789 bits per heavy atom. The Morgan fingerprint density at radius 2 is 1.00 bits per heavy atom. The number of carboxylic acids is 3. The van der Waals surface area contributed by atoms with Crippen LogP contribution in [0.5, 0.6) is 0 Å². The smallest absolute Gasteiger partial charge is 1.00 e. The maximum Gasteiger partial charge on any atom is 2.00 e. The molecule has 0 aliphatic rings. The Bertz CT molecular complexity index is 246. The number of carboxylic acid groups (broad SMARTS) is 3. The molecule has 13 heteroatoms. The molecule has 19 heavy (non-hydrogen) atoms. The van der Waals surface area contributed by atoms with Crippen molar-refractivity contribution in [3.05, 3.63) is 0 Å². The van der Waals surface area contributed by atoms with Gasteiger partial charge < -0.3 is 50.7 Å². The van der Waals surface area contributed by atoms with Gasteiger partial charge in [0.05, 0.1) is 12.8 Å². The zero-order valence-electron chi connectivity index (χ0n) is 11.6. The zero-order valence-corrected chi connectivity index (χ0v) is 11.8. The third-order valence-corrected chi connectivity index (χ3v) is 1.29. The van der Waals surface area contributed by atoms with Gasteiger partial charge >= 0.3 is 55.6 Å². The number of rotatable bonds is 5. The van der Waals surface area contributed by atoms with Crippen LogP contribution in [0.2, 0.25) is 0 Å². The Morgan fingerprint density at radius 3 is 1.11 bits per heavy atom. The van der Waals surface area contributed by atoms with Crippen molar-refractivity contribution < 1.29 is 65.0 Å². The summed E-state index contributed by atoms with van der Waals surface area (Å²) in [6.07, 6.45) is -2.29. The number of aliphatic hydroxyl groups is 1. The molecule has 0 saturated heterocycles. The number of carbonyl (C=O) groups is 3. The molecule has 0 amide bonds. The molecule has 0 saturated carbocycles. The van der Waals surface area contributed by atoms with E-state index in [-0.39, 0.29) is 68.0 Å². The van der Waals surface area contributed by atoms with E-state index in [9.17, 15) is 14.4 Å². The van der Waals surface area contributed by atoms with E-state index in [0.717, 1.165) is 0 Å².